The number of carbonyl (C=O) groups is 2. The zero-order valence-electron chi connectivity index (χ0n) is 11.0. The number of hydrogen-bond acceptors (Lipinski definition) is 2. The number of nitrogens with zero attached hydrogens (tertiary/aromatic N) is 1. The quantitative estimate of drug-likeness (QED) is 0.795. The van der Waals surface area contributed by atoms with Gasteiger partial charge < -0.3 is 10.2 Å². The fourth-order valence-electron chi connectivity index (χ4n) is 2.13. The largest absolute Gasteiger partial charge is 0.353 e. The van der Waals surface area contributed by atoms with Crippen molar-refractivity contribution in [3.8, 4) is 0 Å². The molecule has 1 aliphatic rings. The molecule has 0 radical (unpaired) electrons. The highest BCUT2D eigenvalue weighted by atomic mass is 16.2. The zero-order valence-corrected chi connectivity index (χ0v) is 11.0. The van der Waals surface area contributed by atoms with Gasteiger partial charge in [-0.15, -0.1) is 0 Å². The Kier molecular flexibility index (Phi) is 6.01. The molecule has 98 valence electrons. The van der Waals surface area contributed by atoms with Gasteiger partial charge >= 0.3 is 0 Å². The van der Waals surface area contributed by atoms with Crippen LogP contribution in [-0.4, -0.2) is 35.8 Å². The molecular weight excluding hydrogens is 216 g/mol. The SMILES string of the molecule is CCCCC(=O)NC1CCN(C(=O)CC)CC1. The Labute approximate surface area is 104 Å². The van der Waals surface area contributed by atoms with Crippen molar-refractivity contribution in [2.45, 2.75) is 58.4 Å². The van der Waals surface area contributed by atoms with Crippen LogP contribution in [0.25, 0.3) is 0 Å². The molecule has 1 heterocycles. The average Bonchev–Trinajstić information content (AvgIpc) is 2.36. The summed E-state index contributed by atoms with van der Waals surface area (Å²) < 4.78 is 0. The van der Waals surface area contributed by atoms with Crippen LogP contribution in [0.5, 0.6) is 0 Å². The summed E-state index contributed by atoms with van der Waals surface area (Å²) >= 11 is 0. The fraction of sp³-hybridized carbons (Fsp3) is 0.846. The van der Waals surface area contributed by atoms with Gasteiger partial charge in [0.25, 0.3) is 0 Å². The summed E-state index contributed by atoms with van der Waals surface area (Å²) in [7, 11) is 0. The molecule has 17 heavy (non-hydrogen) atoms. The van der Waals surface area contributed by atoms with Crippen LogP contribution in [-0.2, 0) is 9.59 Å². The highest BCUT2D eigenvalue weighted by molar-refractivity contribution is 5.77. The topological polar surface area (TPSA) is 49.4 Å². The summed E-state index contributed by atoms with van der Waals surface area (Å²) in [6.07, 6.45) is 5.00. The molecule has 4 nitrogen and oxygen atoms in total. The van der Waals surface area contributed by atoms with Crippen molar-refractivity contribution in [2.75, 3.05) is 13.1 Å². The minimum absolute atomic E-state index is 0.159. The number of likely N-dealkylation sites (tertiary alicyclic amines) is 1. The van der Waals surface area contributed by atoms with Gasteiger partial charge in [0.15, 0.2) is 0 Å². The summed E-state index contributed by atoms with van der Waals surface area (Å²) in [6.45, 7) is 5.54. The van der Waals surface area contributed by atoms with Crippen LogP contribution in [0.1, 0.15) is 52.4 Å². The van der Waals surface area contributed by atoms with Crippen molar-refractivity contribution in [1.82, 2.24) is 10.2 Å². The number of rotatable bonds is 5. The zero-order chi connectivity index (χ0) is 12.7. The highest BCUT2D eigenvalue weighted by Crippen LogP contribution is 2.11. The Balaban J connectivity index is 2.23. The molecule has 4 heteroatoms. The van der Waals surface area contributed by atoms with Gasteiger partial charge in [0.2, 0.25) is 11.8 Å². The number of unbranched alkanes of at least 4 members (excludes halogenated alkanes) is 1. The maximum atomic E-state index is 11.6. The molecule has 1 N–H and O–H groups in total. The van der Waals surface area contributed by atoms with Crippen LogP contribution >= 0.6 is 0 Å². The lowest BCUT2D eigenvalue weighted by molar-refractivity contribution is -0.132. The summed E-state index contributed by atoms with van der Waals surface area (Å²) in [4.78, 5) is 24.9. The molecule has 0 unspecified atom stereocenters. The van der Waals surface area contributed by atoms with E-state index in [1.807, 2.05) is 11.8 Å². The second kappa shape index (κ2) is 7.30. The molecule has 1 saturated heterocycles. The second-order valence-corrected chi connectivity index (χ2v) is 4.68. The minimum Gasteiger partial charge on any atom is -0.353 e. The monoisotopic (exact) mass is 240 g/mol. The fourth-order valence-corrected chi connectivity index (χ4v) is 2.13. The van der Waals surface area contributed by atoms with E-state index in [0.29, 0.717) is 12.8 Å². The van der Waals surface area contributed by atoms with E-state index in [4.69, 9.17) is 0 Å². The molecule has 0 aromatic carbocycles. The Hall–Kier alpha value is -1.06. The van der Waals surface area contributed by atoms with Gasteiger partial charge in [-0.05, 0) is 19.3 Å². The summed E-state index contributed by atoms with van der Waals surface area (Å²) in [6, 6.07) is 0.264. The molecule has 0 bridgehead atoms. The van der Waals surface area contributed by atoms with E-state index in [-0.39, 0.29) is 17.9 Å². The summed E-state index contributed by atoms with van der Waals surface area (Å²) in [5.41, 5.74) is 0. The number of amides is 2. The van der Waals surface area contributed by atoms with E-state index in [2.05, 4.69) is 12.2 Å². The van der Waals surface area contributed by atoms with Gasteiger partial charge in [-0.1, -0.05) is 20.3 Å². The Morgan fingerprint density at radius 1 is 1.24 bits per heavy atom. The predicted octanol–water partition coefficient (Wildman–Crippen LogP) is 1.69. The van der Waals surface area contributed by atoms with Crippen LogP contribution in [0, 0.1) is 0 Å². The minimum atomic E-state index is 0.159. The molecule has 0 atom stereocenters. The van der Waals surface area contributed by atoms with Crippen LogP contribution in [0.4, 0.5) is 0 Å². The van der Waals surface area contributed by atoms with Crippen molar-refractivity contribution in [1.29, 1.82) is 0 Å². The van der Waals surface area contributed by atoms with Gasteiger partial charge in [0.1, 0.15) is 0 Å². The van der Waals surface area contributed by atoms with E-state index >= 15 is 0 Å². The first-order chi connectivity index (χ1) is 8.17. The number of nitrogens with one attached hydrogen (secondary N) is 1. The van der Waals surface area contributed by atoms with Crippen molar-refractivity contribution in [2.24, 2.45) is 0 Å². The predicted molar refractivity (Wildman–Crippen MR) is 67.6 cm³/mol. The normalized spacial score (nSPS) is 16.9. The molecule has 0 aliphatic carbocycles. The molecule has 0 aromatic rings. The molecule has 1 rings (SSSR count). The third-order valence-corrected chi connectivity index (χ3v) is 3.27. The van der Waals surface area contributed by atoms with Crippen LogP contribution in [0.3, 0.4) is 0 Å². The average molecular weight is 240 g/mol. The van der Waals surface area contributed by atoms with Gasteiger partial charge in [0, 0.05) is 32.0 Å². The Bertz CT molecular complexity index is 258. The Morgan fingerprint density at radius 2 is 1.88 bits per heavy atom. The molecule has 0 spiro atoms. The molecule has 1 aliphatic heterocycles. The second-order valence-electron chi connectivity index (χ2n) is 4.68. The first-order valence-corrected chi connectivity index (χ1v) is 6.74. The van der Waals surface area contributed by atoms with Gasteiger partial charge in [-0.25, -0.2) is 0 Å². The van der Waals surface area contributed by atoms with Crippen LogP contribution in [0.2, 0.25) is 0 Å². The molecule has 0 aromatic heterocycles. The van der Waals surface area contributed by atoms with E-state index in [0.717, 1.165) is 38.8 Å². The smallest absolute Gasteiger partial charge is 0.222 e. The van der Waals surface area contributed by atoms with Gasteiger partial charge in [-0.2, -0.15) is 0 Å². The molecular formula is C13H24N2O2. The third-order valence-electron chi connectivity index (χ3n) is 3.27. The van der Waals surface area contributed by atoms with Crippen molar-refractivity contribution in [3.63, 3.8) is 0 Å². The van der Waals surface area contributed by atoms with Gasteiger partial charge in [-0.3, -0.25) is 9.59 Å². The van der Waals surface area contributed by atoms with E-state index in [1.165, 1.54) is 0 Å². The number of piperidine rings is 1. The van der Waals surface area contributed by atoms with Gasteiger partial charge in [0.05, 0.1) is 0 Å². The first kappa shape index (κ1) is 14.0. The lowest BCUT2D eigenvalue weighted by atomic mass is 10.0. The number of hydrogen-bond donors (Lipinski definition) is 1. The lowest BCUT2D eigenvalue weighted by Crippen LogP contribution is -2.46. The van der Waals surface area contributed by atoms with E-state index in [1.54, 1.807) is 0 Å². The highest BCUT2D eigenvalue weighted by Gasteiger charge is 2.22. The molecule has 2 amide bonds. The van der Waals surface area contributed by atoms with Crippen LogP contribution in [0.15, 0.2) is 0 Å². The van der Waals surface area contributed by atoms with E-state index in [9.17, 15) is 9.59 Å². The van der Waals surface area contributed by atoms with Crippen molar-refractivity contribution >= 4 is 11.8 Å². The van der Waals surface area contributed by atoms with E-state index < -0.39 is 0 Å². The van der Waals surface area contributed by atoms with Crippen molar-refractivity contribution < 1.29 is 9.59 Å². The molecule has 0 saturated carbocycles. The standard InChI is InChI=1S/C13H24N2O2/c1-3-5-6-12(16)14-11-7-9-15(10-8-11)13(17)4-2/h11H,3-10H2,1-2H3,(H,14,16). The summed E-state index contributed by atoms with van der Waals surface area (Å²) in [5, 5.41) is 3.05. The lowest BCUT2D eigenvalue weighted by Gasteiger charge is -2.32. The third kappa shape index (κ3) is 4.75. The Morgan fingerprint density at radius 3 is 2.41 bits per heavy atom. The molecule has 1 fully saturated rings. The first-order valence-electron chi connectivity index (χ1n) is 6.74. The maximum absolute atomic E-state index is 11.6. The van der Waals surface area contributed by atoms with Crippen molar-refractivity contribution in [3.05, 3.63) is 0 Å². The maximum Gasteiger partial charge on any atom is 0.222 e. The number of carbonyl (C=O) groups excluding carboxylic acids is 2. The van der Waals surface area contributed by atoms with Crippen LogP contribution < -0.4 is 5.32 Å². The summed E-state index contributed by atoms with van der Waals surface area (Å²) in [5.74, 6) is 0.382.